The van der Waals surface area contributed by atoms with Crippen LogP contribution in [0.1, 0.15) is 15.9 Å². The number of hydrazone groups is 1. The first-order valence-corrected chi connectivity index (χ1v) is 9.17. The van der Waals surface area contributed by atoms with Gasteiger partial charge in [-0.1, -0.05) is 30.2 Å². The fourth-order valence-corrected chi connectivity index (χ4v) is 3.14. The smallest absolute Gasteiger partial charge is 0.275 e. The number of rotatable bonds is 6. The largest absolute Gasteiger partial charge is 0.496 e. The number of carbonyl (C=O) groups excluding carboxylic acids is 1. The normalized spacial score (nSPS) is 10.6. The van der Waals surface area contributed by atoms with Gasteiger partial charge in [0.15, 0.2) is 0 Å². The van der Waals surface area contributed by atoms with Gasteiger partial charge < -0.3 is 9.47 Å². The number of hydrogen-bond acceptors (Lipinski definition) is 4. The number of nitrogens with one attached hydrogen (secondary N) is 1. The molecular formula is C22H17BrN2O3. The number of terminal acetylenes is 1. The Morgan fingerprint density at radius 2 is 1.93 bits per heavy atom. The first kappa shape index (κ1) is 19.5. The maximum Gasteiger partial charge on any atom is 0.275 e. The molecule has 3 aromatic carbocycles. The molecule has 5 nitrogen and oxygen atoms in total. The molecule has 0 aliphatic rings. The van der Waals surface area contributed by atoms with Crippen molar-refractivity contribution in [2.75, 3.05) is 13.7 Å². The highest BCUT2D eigenvalue weighted by Crippen LogP contribution is 2.26. The lowest BCUT2D eigenvalue weighted by Gasteiger charge is -2.09. The number of amides is 1. The molecule has 3 aromatic rings. The minimum Gasteiger partial charge on any atom is -0.496 e. The van der Waals surface area contributed by atoms with Gasteiger partial charge in [-0.15, -0.1) is 6.42 Å². The van der Waals surface area contributed by atoms with Crippen molar-refractivity contribution < 1.29 is 14.3 Å². The second-order valence-corrected chi connectivity index (χ2v) is 6.64. The molecule has 0 radical (unpaired) electrons. The summed E-state index contributed by atoms with van der Waals surface area (Å²) in [7, 11) is 1.53. The first-order chi connectivity index (χ1) is 13.6. The van der Waals surface area contributed by atoms with Gasteiger partial charge in [0.2, 0.25) is 0 Å². The van der Waals surface area contributed by atoms with Gasteiger partial charge in [0.25, 0.3) is 5.91 Å². The van der Waals surface area contributed by atoms with E-state index < -0.39 is 0 Å². The van der Waals surface area contributed by atoms with Crippen molar-refractivity contribution in [2.45, 2.75) is 0 Å². The third-order valence-electron chi connectivity index (χ3n) is 3.96. The van der Waals surface area contributed by atoms with Crippen LogP contribution in [0.4, 0.5) is 0 Å². The molecule has 0 unspecified atom stereocenters. The molecule has 0 fully saturated rings. The molecule has 140 valence electrons. The molecule has 0 atom stereocenters. The Hall–Kier alpha value is -3.30. The fourth-order valence-electron chi connectivity index (χ4n) is 2.63. The zero-order valence-corrected chi connectivity index (χ0v) is 16.7. The molecule has 28 heavy (non-hydrogen) atoms. The van der Waals surface area contributed by atoms with E-state index in [4.69, 9.17) is 15.9 Å². The maximum absolute atomic E-state index is 12.5. The van der Waals surface area contributed by atoms with E-state index in [0.717, 1.165) is 20.8 Å². The molecule has 0 aliphatic heterocycles. The van der Waals surface area contributed by atoms with E-state index in [-0.39, 0.29) is 12.5 Å². The first-order valence-electron chi connectivity index (χ1n) is 8.38. The van der Waals surface area contributed by atoms with Crippen LogP contribution in [0.2, 0.25) is 0 Å². The highest BCUT2D eigenvalue weighted by atomic mass is 79.9. The van der Waals surface area contributed by atoms with Gasteiger partial charge in [-0.05, 0) is 62.6 Å². The minimum atomic E-state index is -0.355. The average molecular weight is 437 g/mol. The number of hydrogen-bond donors (Lipinski definition) is 1. The SMILES string of the molecule is C#CCOc1ccc(/C=N\NC(=O)c2cc3ccccc3cc2OC)cc1Br. The predicted molar refractivity (Wildman–Crippen MR) is 114 cm³/mol. The summed E-state index contributed by atoms with van der Waals surface area (Å²) in [5, 5.41) is 5.98. The highest BCUT2D eigenvalue weighted by Gasteiger charge is 2.13. The third-order valence-corrected chi connectivity index (χ3v) is 4.58. The zero-order valence-electron chi connectivity index (χ0n) is 15.1. The van der Waals surface area contributed by atoms with Crippen LogP contribution in [0.5, 0.6) is 11.5 Å². The van der Waals surface area contributed by atoms with Crippen LogP contribution in [-0.2, 0) is 0 Å². The topological polar surface area (TPSA) is 59.9 Å². The van der Waals surface area contributed by atoms with Crippen molar-refractivity contribution in [2.24, 2.45) is 5.10 Å². The van der Waals surface area contributed by atoms with E-state index in [2.05, 4.69) is 32.4 Å². The number of halogens is 1. The second-order valence-electron chi connectivity index (χ2n) is 5.78. The summed E-state index contributed by atoms with van der Waals surface area (Å²) in [5.74, 6) is 3.19. The fraction of sp³-hybridized carbons (Fsp3) is 0.0909. The molecule has 0 heterocycles. The zero-order chi connectivity index (χ0) is 19.9. The average Bonchev–Trinajstić information content (AvgIpc) is 2.72. The van der Waals surface area contributed by atoms with Crippen LogP contribution < -0.4 is 14.9 Å². The molecule has 3 rings (SSSR count). The summed E-state index contributed by atoms with van der Waals surface area (Å²) in [6.07, 6.45) is 6.73. The van der Waals surface area contributed by atoms with Gasteiger partial charge in [-0.25, -0.2) is 5.43 Å². The molecule has 0 bridgehead atoms. The molecule has 0 aromatic heterocycles. The van der Waals surface area contributed by atoms with Crippen LogP contribution >= 0.6 is 15.9 Å². The van der Waals surface area contributed by atoms with E-state index in [1.165, 1.54) is 7.11 Å². The molecule has 1 N–H and O–H groups in total. The van der Waals surface area contributed by atoms with Gasteiger partial charge in [0, 0.05) is 0 Å². The number of methoxy groups -OCH3 is 1. The summed E-state index contributed by atoms with van der Waals surface area (Å²) >= 11 is 3.42. The molecule has 6 heteroatoms. The molecule has 0 saturated carbocycles. The Labute approximate surface area is 171 Å². The summed E-state index contributed by atoms with van der Waals surface area (Å²) in [4.78, 5) is 12.5. The van der Waals surface area contributed by atoms with Crippen molar-refractivity contribution in [1.29, 1.82) is 0 Å². The van der Waals surface area contributed by atoms with Crippen molar-refractivity contribution >= 4 is 38.8 Å². The van der Waals surface area contributed by atoms with Crippen LogP contribution in [-0.4, -0.2) is 25.8 Å². The predicted octanol–water partition coefficient (Wildman–Crippen LogP) is 4.39. The molecule has 0 saturated heterocycles. The quantitative estimate of drug-likeness (QED) is 0.354. The van der Waals surface area contributed by atoms with Crippen molar-refractivity contribution in [1.82, 2.24) is 5.43 Å². The van der Waals surface area contributed by atoms with Gasteiger partial charge in [-0.3, -0.25) is 4.79 Å². The van der Waals surface area contributed by atoms with Crippen LogP contribution in [0, 0.1) is 12.3 Å². The van der Waals surface area contributed by atoms with Gasteiger partial charge >= 0.3 is 0 Å². The standard InChI is InChI=1S/C22H17BrN2O3/c1-3-10-28-20-9-8-15(11-19(20)23)14-24-25-22(26)18-12-16-6-4-5-7-17(16)13-21(18)27-2/h1,4-9,11-14H,10H2,2H3,(H,25,26)/b24-14-. The van der Waals surface area contributed by atoms with E-state index in [0.29, 0.717) is 17.1 Å². The lowest BCUT2D eigenvalue weighted by molar-refractivity contribution is 0.0952. The Balaban J connectivity index is 1.74. The lowest BCUT2D eigenvalue weighted by Crippen LogP contribution is -2.18. The number of carbonyl (C=O) groups is 1. The number of nitrogens with zero attached hydrogens (tertiary/aromatic N) is 1. The van der Waals surface area contributed by atoms with Crippen LogP contribution in [0.25, 0.3) is 10.8 Å². The van der Waals surface area contributed by atoms with Crippen LogP contribution in [0.3, 0.4) is 0 Å². The molecule has 1 amide bonds. The summed E-state index contributed by atoms with van der Waals surface area (Å²) < 4.78 is 11.5. The lowest BCUT2D eigenvalue weighted by atomic mass is 10.1. The van der Waals surface area contributed by atoms with Gasteiger partial charge in [0.05, 0.1) is 23.4 Å². The van der Waals surface area contributed by atoms with E-state index in [1.54, 1.807) is 18.3 Å². The van der Waals surface area contributed by atoms with E-state index in [1.807, 2.05) is 42.5 Å². The Bertz CT molecular complexity index is 1090. The van der Waals surface area contributed by atoms with Gasteiger partial charge in [-0.2, -0.15) is 5.10 Å². The number of ether oxygens (including phenoxy) is 2. The third kappa shape index (κ3) is 4.51. The molecule has 0 aliphatic carbocycles. The Kier molecular flexibility index (Phi) is 6.30. The second kappa shape index (κ2) is 9.07. The molecular weight excluding hydrogens is 420 g/mol. The van der Waals surface area contributed by atoms with E-state index in [9.17, 15) is 4.79 Å². The monoisotopic (exact) mass is 436 g/mol. The summed E-state index contributed by atoms with van der Waals surface area (Å²) in [6, 6.07) is 16.8. The molecule has 0 spiro atoms. The van der Waals surface area contributed by atoms with Crippen molar-refractivity contribution in [3.63, 3.8) is 0 Å². The van der Waals surface area contributed by atoms with E-state index >= 15 is 0 Å². The Morgan fingerprint density at radius 3 is 2.61 bits per heavy atom. The maximum atomic E-state index is 12.5. The minimum absolute atomic E-state index is 0.190. The number of fused-ring (bicyclic) bond motifs is 1. The van der Waals surface area contributed by atoms with Crippen LogP contribution in [0.15, 0.2) is 64.2 Å². The summed E-state index contributed by atoms with van der Waals surface area (Å²) in [6.45, 7) is 0.190. The number of benzene rings is 3. The highest BCUT2D eigenvalue weighted by molar-refractivity contribution is 9.10. The van der Waals surface area contributed by atoms with Crippen molar-refractivity contribution in [3.05, 3.63) is 70.2 Å². The Morgan fingerprint density at radius 1 is 1.18 bits per heavy atom. The van der Waals surface area contributed by atoms with Crippen molar-refractivity contribution in [3.8, 4) is 23.8 Å². The summed E-state index contributed by atoms with van der Waals surface area (Å²) in [5.41, 5.74) is 3.73. The van der Waals surface area contributed by atoms with Gasteiger partial charge in [0.1, 0.15) is 18.1 Å².